The first-order valence-electron chi connectivity index (χ1n) is 13.5. The van der Waals surface area contributed by atoms with Gasteiger partial charge in [-0.05, 0) is 48.6 Å². The Morgan fingerprint density at radius 1 is 0.921 bits per heavy atom. The lowest BCUT2D eigenvalue weighted by atomic mass is 9.94. The van der Waals surface area contributed by atoms with Gasteiger partial charge in [0.1, 0.15) is 6.04 Å². The highest BCUT2D eigenvalue weighted by Crippen LogP contribution is 2.22. The third kappa shape index (κ3) is 8.64. The summed E-state index contributed by atoms with van der Waals surface area (Å²) in [6, 6.07) is 25.5. The van der Waals surface area contributed by atoms with Gasteiger partial charge in [-0.1, -0.05) is 103 Å². The molecule has 3 aromatic rings. The molecule has 1 aliphatic carbocycles. The lowest BCUT2D eigenvalue weighted by Crippen LogP contribution is -2.53. The molecule has 0 saturated heterocycles. The van der Waals surface area contributed by atoms with Gasteiger partial charge in [0, 0.05) is 29.8 Å². The molecule has 1 N–H and O–H groups in total. The van der Waals surface area contributed by atoms with Crippen LogP contribution in [0.15, 0.2) is 78.9 Å². The van der Waals surface area contributed by atoms with Crippen LogP contribution in [-0.2, 0) is 28.3 Å². The summed E-state index contributed by atoms with van der Waals surface area (Å²) in [7, 11) is 0. The second kappa shape index (κ2) is 14.4. The molecule has 0 aliphatic heterocycles. The lowest BCUT2D eigenvalue weighted by molar-refractivity contribution is -0.139. The highest BCUT2D eigenvalue weighted by Gasteiger charge is 2.31. The van der Waals surface area contributed by atoms with Crippen molar-refractivity contribution in [3.63, 3.8) is 0 Å². The van der Waals surface area contributed by atoms with Crippen LogP contribution >= 0.6 is 23.4 Å². The number of amides is 2. The predicted octanol–water partition coefficient (Wildman–Crippen LogP) is 6.97. The van der Waals surface area contributed by atoms with Gasteiger partial charge < -0.3 is 10.2 Å². The highest BCUT2D eigenvalue weighted by molar-refractivity contribution is 7.99. The Hall–Kier alpha value is -2.76. The molecular weight excluding hydrogens is 512 g/mol. The summed E-state index contributed by atoms with van der Waals surface area (Å²) in [6.07, 6.45) is 5.95. The van der Waals surface area contributed by atoms with Crippen LogP contribution in [0.5, 0.6) is 0 Å². The third-order valence-electron chi connectivity index (χ3n) is 7.04. The molecule has 1 fully saturated rings. The topological polar surface area (TPSA) is 49.4 Å². The number of benzene rings is 3. The summed E-state index contributed by atoms with van der Waals surface area (Å²) < 4.78 is 0. The Labute approximate surface area is 236 Å². The number of hydrogen-bond acceptors (Lipinski definition) is 3. The molecule has 38 heavy (non-hydrogen) atoms. The van der Waals surface area contributed by atoms with Gasteiger partial charge in [0.15, 0.2) is 0 Å². The molecule has 4 rings (SSSR count). The normalized spacial score (nSPS) is 14.6. The monoisotopic (exact) mass is 548 g/mol. The minimum absolute atomic E-state index is 0.0395. The van der Waals surface area contributed by atoms with Crippen molar-refractivity contribution < 1.29 is 9.59 Å². The molecule has 200 valence electrons. The molecule has 0 unspecified atom stereocenters. The fourth-order valence-electron chi connectivity index (χ4n) is 5.07. The molecule has 1 saturated carbocycles. The minimum Gasteiger partial charge on any atom is -0.352 e. The molecule has 3 aromatic carbocycles. The highest BCUT2D eigenvalue weighted by atomic mass is 35.5. The molecule has 0 aromatic heterocycles. The standard InChI is InChI=1S/C32H37ClN2O2S/c1-24-10-8-14-27(18-24)22-38-23-31(36)35(21-26-13-9-15-28(33)19-26)30(20-25-11-4-2-5-12-25)32(37)34-29-16-6-3-7-17-29/h2,4-5,8-15,18-19,29-30H,3,6-7,16-17,20-23H2,1H3,(H,34,37)/t30-/m0/s1. The molecule has 1 atom stereocenters. The number of thioether (sulfide) groups is 1. The summed E-state index contributed by atoms with van der Waals surface area (Å²) >= 11 is 7.87. The van der Waals surface area contributed by atoms with Crippen LogP contribution in [-0.4, -0.2) is 34.6 Å². The summed E-state index contributed by atoms with van der Waals surface area (Å²) in [4.78, 5) is 29.4. The van der Waals surface area contributed by atoms with Crippen molar-refractivity contribution in [2.24, 2.45) is 0 Å². The van der Waals surface area contributed by atoms with E-state index in [9.17, 15) is 9.59 Å². The second-order valence-electron chi connectivity index (χ2n) is 10.2. The van der Waals surface area contributed by atoms with Gasteiger partial charge in [-0.3, -0.25) is 9.59 Å². The predicted molar refractivity (Wildman–Crippen MR) is 158 cm³/mol. The van der Waals surface area contributed by atoms with Crippen molar-refractivity contribution in [1.29, 1.82) is 0 Å². The maximum Gasteiger partial charge on any atom is 0.243 e. The van der Waals surface area contributed by atoms with Crippen molar-refractivity contribution >= 4 is 35.2 Å². The van der Waals surface area contributed by atoms with E-state index in [1.165, 1.54) is 17.5 Å². The summed E-state index contributed by atoms with van der Waals surface area (Å²) in [5.41, 5.74) is 4.35. The van der Waals surface area contributed by atoms with E-state index in [4.69, 9.17) is 11.6 Å². The van der Waals surface area contributed by atoms with E-state index in [-0.39, 0.29) is 17.9 Å². The van der Waals surface area contributed by atoms with E-state index in [1.54, 1.807) is 16.7 Å². The zero-order valence-electron chi connectivity index (χ0n) is 22.1. The van der Waals surface area contributed by atoms with Gasteiger partial charge in [0.2, 0.25) is 11.8 Å². The number of nitrogens with zero attached hydrogens (tertiary/aromatic N) is 1. The summed E-state index contributed by atoms with van der Waals surface area (Å²) in [6.45, 7) is 2.41. The van der Waals surface area contributed by atoms with Gasteiger partial charge in [-0.25, -0.2) is 0 Å². The fraction of sp³-hybridized carbons (Fsp3) is 0.375. The van der Waals surface area contributed by atoms with Crippen LogP contribution in [0.2, 0.25) is 5.02 Å². The molecule has 4 nitrogen and oxygen atoms in total. The molecule has 0 bridgehead atoms. The third-order valence-corrected chi connectivity index (χ3v) is 8.26. The first kappa shape index (κ1) is 28.3. The van der Waals surface area contributed by atoms with Gasteiger partial charge in [-0.15, -0.1) is 11.8 Å². The van der Waals surface area contributed by atoms with E-state index < -0.39 is 6.04 Å². The zero-order chi connectivity index (χ0) is 26.7. The number of carbonyl (C=O) groups is 2. The average Bonchev–Trinajstić information content (AvgIpc) is 2.92. The molecular formula is C32H37ClN2O2S. The number of carbonyl (C=O) groups excluding carboxylic acids is 2. The van der Waals surface area contributed by atoms with Crippen LogP contribution in [0.1, 0.15) is 54.4 Å². The van der Waals surface area contributed by atoms with Crippen molar-refractivity contribution in [3.05, 3.63) is 106 Å². The van der Waals surface area contributed by atoms with Crippen molar-refractivity contribution in [1.82, 2.24) is 10.2 Å². The Morgan fingerprint density at radius 2 is 1.63 bits per heavy atom. The number of halogens is 1. The first-order valence-corrected chi connectivity index (χ1v) is 15.0. The molecule has 0 spiro atoms. The zero-order valence-corrected chi connectivity index (χ0v) is 23.6. The summed E-state index contributed by atoms with van der Waals surface area (Å²) in [5.74, 6) is 0.939. The fourth-order valence-corrected chi connectivity index (χ4v) is 6.14. The van der Waals surface area contributed by atoms with Crippen molar-refractivity contribution in [2.75, 3.05) is 5.75 Å². The minimum atomic E-state index is -0.606. The number of aryl methyl sites for hydroxylation is 1. The SMILES string of the molecule is Cc1cccc(CSCC(=O)N(Cc2cccc(Cl)c2)[C@@H](Cc2ccccc2)C(=O)NC2CCCCC2)c1. The van der Waals surface area contributed by atoms with Crippen LogP contribution in [0.25, 0.3) is 0 Å². The van der Waals surface area contributed by atoms with E-state index in [2.05, 4.69) is 30.4 Å². The maximum atomic E-state index is 13.8. The first-order chi connectivity index (χ1) is 18.5. The quantitative estimate of drug-likeness (QED) is 0.281. The molecule has 6 heteroatoms. The Morgan fingerprint density at radius 3 is 2.37 bits per heavy atom. The molecule has 0 heterocycles. The Balaban J connectivity index is 1.56. The second-order valence-corrected chi connectivity index (χ2v) is 11.6. The maximum absolute atomic E-state index is 13.8. The smallest absolute Gasteiger partial charge is 0.243 e. The molecule has 2 amide bonds. The number of hydrogen-bond donors (Lipinski definition) is 1. The molecule has 1 aliphatic rings. The number of rotatable bonds is 11. The Kier molecular flexibility index (Phi) is 10.7. The number of nitrogens with one attached hydrogen (secondary N) is 1. The van der Waals surface area contributed by atoms with Crippen molar-refractivity contribution in [3.8, 4) is 0 Å². The average molecular weight is 549 g/mol. The van der Waals surface area contributed by atoms with Crippen molar-refractivity contribution in [2.45, 2.75) is 69.8 Å². The van der Waals surface area contributed by atoms with E-state index >= 15 is 0 Å². The largest absolute Gasteiger partial charge is 0.352 e. The van der Waals surface area contributed by atoms with E-state index in [1.807, 2.05) is 60.7 Å². The van der Waals surface area contributed by atoms with E-state index in [0.29, 0.717) is 23.7 Å². The Bertz CT molecular complexity index is 1200. The van der Waals surface area contributed by atoms with Gasteiger partial charge in [0.05, 0.1) is 5.75 Å². The van der Waals surface area contributed by atoms with E-state index in [0.717, 1.165) is 42.6 Å². The van der Waals surface area contributed by atoms with Crippen LogP contribution < -0.4 is 5.32 Å². The van der Waals surface area contributed by atoms with Crippen LogP contribution in [0.3, 0.4) is 0 Å². The lowest BCUT2D eigenvalue weighted by Gasteiger charge is -2.33. The summed E-state index contributed by atoms with van der Waals surface area (Å²) in [5, 5.41) is 3.91. The van der Waals surface area contributed by atoms with Gasteiger partial charge >= 0.3 is 0 Å². The molecule has 0 radical (unpaired) electrons. The van der Waals surface area contributed by atoms with Crippen LogP contribution in [0.4, 0.5) is 0 Å². The van der Waals surface area contributed by atoms with Gasteiger partial charge in [-0.2, -0.15) is 0 Å². The van der Waals surface area contributed by atoms with Crippen LogP contribution in [0, 0.1) is 6.92 Å². The van der Waals surface area contributed by atoms with Gasteiger partial charge in [0.25, 0.3) is 0 Å².